The predicted octanol–water partition coefficient (Wildman–Crippen LogP) is 3.88. The standard InChI is InChI=1S/C16H15IN4OS/c17-13-10-23-14-9-18-16(20-15(13)14)19-11-2-1-3-12(8-11)21-4-6-22-7-5-21/h1-3,8-10H,4-7H2,(H,18,19,20). The molecule has 0 radical (unpaired) electrons. The van der Waals surface area contributed by atoms with Crippen LogP contribution in [0, 0.1) is 3.57 Å². The van der Waals surface area contributed by atoms with E-state index >= 15 is 0 Å². The average molecular weight is 438 g/mol. The highest BCUT2D eigenvalue weighted by Crippen LogP contribution is 2.27. The van der Waals surface area contributed by atoms with Gasteiger partial charge in [0, 0.05) is 29.8 Å². The Morgan fingerprint density at radius 2 is 2.13 bits per heavy atom. The van der Waals surface area contributed by atoms with E-state index in [1.54, 1.807) is 11.3 Å². The van der Waals surface area contributed by atoms with Gasteiger partial charge in [0.05, 0.1) is 33.2 Å². The molecule has 1 N–H and O–H groups in total. The van der Waals surface area contributed by atoms with Gasteiger partial charge < -0.3 is 15.0 Å². The molecule has 2 aromatic heterocycles. The summed E-state index contributed by atoms with van der Waals surface area (Å²) in [5, 5.41) is 5.41. The van der Waals surface area contributed by atoms with Crippen LogP contribution in [-0.2, 0) is 4.74 Å². The zero-order valence-corrected chi connectivity index (χ0v) is 15.3. The molecule has 0 spiro atoms. The van der Waals surface area contributed by atoms with E-state index in [0.29, 0.717) is 5.95 Å². The number of hydrogen-bond donors (Lipinski definition) is 1. The number of aromatic nitrogens is 2. The number of rotatable bonds is 3. The van der Waals surface area contributed by atoms with Gasteiger partial charge in [0.15, 0.2) is 0 Å². The third-order valence-electron chi connectivity index (χ3n) is 3.75. The van der Waals surface area contributed by atoms with Gasteiger partial charge in [-0.1, -0.05) is 6.07 Å². The Hall–Kier alpha value is -1.45. The second-order valence-corrected chi connectivity index (χ2v) is 7.34. The minimum atomic E-state index is 0.632. The van der Waals surface area contributed by atoms with Crippen molar-refractivity contribution >= 4 is 61.5 Å². The van der Waals surface area contributed by atoms with Crippen molar-refractivity contribution in [3.63, 3.8) is 0 Å². The zero-order chi connectivity index (χ0) is 15.6. The van der Waals surface area contributed by atoms with Crippen molar-refractivity contribution in [2.45, 2.75) is 0 Å². The van der Waals surface area contributed by atoms with Gasteiger partial charge in [-0.15, -0.1) is 11.3 Å². The second-order valence-electron chi connectivity index (χ2n) is 5.26. The van der Waals surface area contributed by atoms with Crippen molar-refractivity contribution < 1.29 is 4.74 Å². The number of benzene rings is 1. The fourth-order valence-electron chi connectivity index (χ4n) is 2.59. The third-order valence-corrected chi connectivity index (χ3v) is 5.90. The average Bonchev–Trinajstić information content (AvgIpc) is 2.97. The van der Waals surface area contributed by atoms with Crippen molar-refractivity contribution in [3.8, 4) is 0 Å². The lowest BCUT2D eigenvalue weighted by Crippen LogP contribution is -2.36. The Morgan fingerprint density at radius 1 is 1.26 bits per heavy atom. The summed E-state index contributed by atoms with van der Waals surface area (Å²) in [6, 6.07) is 8.36. The molecular formula is C16H15IN4OS. The highest BCUT2D eigenvalue weighted by molar-refractivity contribution is 14.1. The number of nitrogens with zero attached hydrogens (tertiary/aromatic N) is 3. The molecule has 0 unspecified atom stereocenters. The Bertz CT molecular complexity index is 832. The lowest BCUT2D eigenvalue weighted by molar-refractivity contribution is 0.122. The van der Waals surface area contributed by atoms with Gasteiger partial charge in [0.25, 0.3) is 0 Å². The second kappa shape index (κ2) is 6.58. The van der Waals surface area contributed by atoms with Crippen LogP contribution >= 0.6 is 33.9 Å². The first-order chi connectivity index (χ1) is 11.3. The maximum absolute atomic E-state index is 5.41. The third kappa shape index (κ3) is 3.26. The first-order valence-electron chi connectivity index (χ1n) is 7.39. The number of anilines is 3. The molecule has 23 heavy (non-hydrogen) atoms. The summed E-state index contributed by atoms with van der Waals surface area (Å²) in [7, 11) is 0. The highest BCUT2D eigenvalue weighted by Gasteiger charge is 2.12. The Kier molecular flexibility index (Phi) is 4.32. The van der Waals surface area contributed by atoms with Crippen LogP contribution in [0.2, 0.25) is 0 Å². The minimum Gasteiger partial charge on any atom is -0.378 e. The van der Waals surface area contributed by atoms with Gasteiger partial charge in [0.1, 0.15) is 0 Å². The van der Waals surface area contributed by atoms with E-state index in [1.165, 1.54) is 5.69 Å². The van der Waals surface area contributed by atoms with E-state index in [0.717, 1.165) is 45.8 Å². The van der Waals surface area contributed by atoms with Crippen LogP contribution < -0.4 is 10.2 Å². The van der Waals surface area contributed by atoms with E-state index in [2.05, 4.69) is 66.4 Å². The van der Waals surface area contributed by atoms with Crippen molar-refractivity contribution in [1.29, 1.82) is 0 Å². The molecule has 5 nitrogen and oxygen atoms in total. The maximum Gasteiger partial charge on any atom is 0.227 e. The molecule has 4 rings (SSSR count). The molecule has 0 atom stereocenters. The summed E-state index contributed by atoms with van der Waals surface area (Å²) >= 11 is 3.98. The summed E-state index contributed by atoms with van der Waals surface area (Å²) in [5.41, 5.74) is 3.21. The van der Waals surface area contributed by atoms with Crippen molar-refractivity contribution in [1.82, 2.24) is 9.97 Å². The summed E-state index contributed by atoms with van der Waals surface area (Å²) in [6.45, 7) is 3.43. The fraction of sp³-hybridized carbons (Fsp3) is 0.250. The molecule has 0 bridgehead atoms. The summed E-state index contributed by atoms with van der Waals surface area (Å²) < 4.78 is 7.69. The number of morpholine rings is 1. The number of halogens is 1. The van der Waals surface area contributed by atoms with E-state index in [9.17, 15) is 0 Å². The van der Waals surface area contributed by atoms with Crippen LogP contribution in [0.25, 0.3) is 10.2 Å². The van der Waals surface area contributed by atoms with Crippen molar-refractivity contribution in [2.75, 3.05) is 36.5 Å². The van der Waals surface area contributed by atoms with E-state index < -0.39 is 0 Å². The Balaban J connectivity index is 1.58. The normalized spacial score (nSPS) is 15.1. The van der Waals surface area contributed by atoms with Crippen LogP contribution in [0.1, 0.15) is 0 Å². The summed E-state index contributed by atoms with van der Waals surface area (Å²) in [4.78, 5) is 11.4. The van der Waals surface area contributed by atoms with E-state index in [-0.39, 0.29) is 0 Å². The van der Waals surface area contributed by atoms with Crippen molar-refractivity contribution in [3.05, 3.63) is 39.4 Å². The van der Waals surface area contributed by atoms with E-state index in [1.807, 2.05) is 12.3 Å². The molecule has 1 fully saturated rings. The molecule has 3 aromatic rings. The Labute approximate surface area is 151 Å². The monoisotopic (exact) mass is 438 g/mol. The topological polar surface area (TPSA) is 50.3 Å². The van der Waals surface area contributed by atoms with Gasteiger partial charge in [-0.2, -0.15) is 0 Å². The number of ether oxygens (including phenoxy) is 1. The predicted molar refractivity (Wildman–Crippen MR) is 103 cm³/mol. The van der Waals surface area contributed by atoms with E-state index in [4.69, 9.17) is 4.74 Å². The van der Waals surface area contributed by atoms with Gasteiger partial charge in [-0.25, -0.2) is 9.97 Å². The first-order valence-corrected chi connectivity index (χ1v) is 9.35. The molecule has 1 aliphatic heterocycles. The minimum absolute atomic E-state index is 0.632. The van der Waals surface area contributed by atoms with Gasteiger partial charge in [-0.05, 0) is 40.8 Å². The number of thiophene rings is 1. The molecule has 0 aliphatic carbocycles. The van der Waals surface area contributed by atoms with Crippen LogP contribution in [-0.4, -0.2) is 36.3 Å². The molecule has 0 saturated carbocycles. The molecule has 118 valence electrons. The number of fused-ring (bicyclic) bond motifs is 1. The highest BCUT2D eigenvalue weighted by atomic mass is 127. The molecule has 3 heterocycles. The molecule has 1 aromatic carbocycles. The SMILES string of the molecule is Ic1csc2cnc(Nc3cccc(N4CCOCC4)c3)nc12. The molecule has 7 heteroatoms. The maximum atomic E-state index is 5.41. The largest absolute Gasteiger partial charge is 0.378 e. The fourth-order valence-corrected chi connectivity index (χ4v) is 4.29. The van der Waals surface area contributed by atoms with Crippen LogP contribution in [0.15, 0.2) is 35.8 Å². The molecule has 0 amide bonds. The lowest BCUT2D eigenvalue weighted by atomic mass is 10.2. The van der Waals surface area contributed by atoms with Gasteiger partial charge >= 0.3 is 0 Å². The van der Waals surface area contributed by atoms with Gasteiger partial charge in [0.2, 0.25) is 5.95 Å². The zero-order valence-electron chi connectivity index (χ0n) is 12.3. The lowest BCUT2D eigenvalue weighted by Gasteiger charge is -2.29. The van der Waals surface area contributed by atoms with Crippen molar-refractivity contribution in [2.24, 2.45) is 0 Å². The van der Waals surface area contributed by atoms with Crippen LogP contribution in [0.4, 0.5) is 17.3 Å². The first kappa shape index (κ1) is 15.1. The summed E-state index contributed by atoms with van der Waals surface area (Å²) in [6.07, 6.45) is 1.88. The van der Waals surface area contributed by atoms with Crippen LogP contribution in [0.5, 0.6) is 0 Å². The van der Waals surface area contributed by atoms with Crippen LogP contribution in [0.3, 0.4) is 0 Å². The summed E-state index contributed by atoms with van der Waals surface area (Å²) in [5.74, 6) is 0.632. The number of nitrogens with one attached hydrogen (secondary N) is 1. The molecular weight excluding hydrogens is 423 g/mol. The number of hydrogen-bond acceptors (Lipinski definition) is 6. The van der Waals surface area contributed by atoms with Gasteiger partial charge in [-0.3, -0.25) is 0 Å². The Morgan fingerprint density at radius 3 is 3.00 bits per heavy atom. The molecule has 1 saturated heterocycles. The smallest absolute Gasteiger partial charge is 0.227 e. The molecule has 1 aliphatic rings. The quantitative estimate of drug-likeness (QED) is 0.630.